The maximum Gasteiger partial charge on any atom is 0.148 e. The molecular weight excluding hydrogens is 244 g/mol. The highest BCUT2D eigenvalue weighted by Gasteiger charge is 2.21. The van der Waals surface area contributed by atoms with Gasteiger partial charge in [0.1, 0.15) is 13.1 Å². The highest BCUT2D eigenvalue weighted by molar-refractivity contribution is 7.99. The van der Waals surface area contributed by atoms with Crippen LogP contribution in [0.25, 0.3) is 0 Å². The minimum absolute atomic E-state index is 0.184. The number of anilines is 2. The first kappa shape index (κ1) is 11.7. The molecule has 0 saturated heterocycles. The zero-order valence-electron chi connectivity index (χ0n) is 10.3. The lowest BCUT2D eigenvalue weighted by Crippen LogP contribution is -2.18. The Morgan fingerprint density at radius 3 is 2.44 bits per heavy atom. The second-order valence-corrected chi connectivity index (χ2v) is 5.37. The summed E-state index contributed by atoms with van der Waals surface area (Å²) in [5.74, 6) is -0.184. The monoisotopic (exact) mass is 256 g/mol. The standard InChI is InChI=1S/C14H12BFNS/c1-15-9-3-5-11-13(7-9)18-14-8-10(16)4-6-12(14)17(11)2/h3-8H,1-2H3. The molecule has 0 N–H and O–H groups in total. The molecule has 4 heteroatoms. The largest absolute Gasteiger partial charge is 0.343 e. The summed E-state index contributed by atoms with van der Waals surface area (Å²) in [7, 11) is 4.09. The normalized spacial score (nSPS) is 12.9. The lowest BCUT2D eigenvalue weighted by atomic mass is 9.73. The molecular formula is C14H12BFNS. The first-order chi connectivity index (χ1) is 8.69. The van der Waals surface area contributed by atoms with Crippen LogP contribution in [0.4, 0.5) is 15.8 Å². The smallest absolute Gasteiger partial charge is 0.148 e. The Kier molecular flexibility index (Phi) is 2.82. The summed E-state index contributed by atoms with van der Waals surface area (Å²) in [6, 6.07) is 11.3. The molecule has 0 aromatic heterocycles. The van der Waals surface area contributed by atoms with Gasteiger partial charge < -0.3 is 4.90 Å². The van der Waals surface area contributed by atoms with Crippen LogP contribution in [-0.2, 0) is 0 Å². The number of nitrogens with zero attached hydrogens (tertiary/aromatic N) is 1. The predicted octanol–water partition coefficient (Wildman–Crippen LogP) is 3.44. The number of benzene rings is 2. The van der Waals surface area contributed by atoms with Crippen molar-refractivity contribution in [3.05, 3.63) is 42.2 Å². The van der Waals surface area contributed by atoms with Crippen LogP contribution in [0.1, 0.15) is 0 Å². The summed E-state index contributed by atoms with van der Waals surface area (Å²) in [6.07, 6.45) is 0. The minimum atomic E-state index is -0.184. The average molecular weight is 256 g/mol. The van der Waals surface area contributed by atoms with E-state index in [-0.39, 0.29) is 5.82 Å². The van der Waals surface area contributed by atoms with E-state index in [1.165, 1.54) is 22.1 Å². The summed E-state index contributed by atoms with van der Waals surface area (Å²) < 4.78 is 13.3. The highest BCUT2D eigenvalue weighted by atomic mass is 32.2. The van der Waals surface area contributed by atoms with Gasteiger partial charge in [-0.15, -0.1) is 0 Å². The van der Waals surface area contributed by atoms with Gasteiger partial charge in [0.2, 0.25) is 0 Å². The number of halogens is 1. The van der Waals surface area contributed by atoms with E-state index >= 15 is 0 Å². The minimum Gasteiger partial charge on any atom is -0.343 e. The molecule has 3 rings (SSSR count). The van der Waals surface area contributed by atoms with E-state index in [1.54, 1.807) is 17.8 Å². The van der Waals surface area contributed by atoms with Crippen molar-refractivity contribution in [3.63, 3.8) is 0 Å². The highest BCUT2D eigenvalue weighted by Crippen LogP contribution is 2.46. The Hall–Kier alpha value is -1.42. The van der Waals surface area contributed by atoms with E-state index in [2.05, 4.69) is 30.4 Å². The lowest BCUT2D eigenvalue weighted by molar-refractivity contribution is 0.624. The van der Waals surface area contributed by atoms with Crippen molar-refractivity contribution in [1.29, 1.82) is 0 Å². The third kappa shape index (κ3) is 1.81. The van der Waals surface area contributed by atoms with Crippen LogP contribution in [0.15, 0.2) is 46.2 Å². The summed E-state index contributed by atoms with van der Waals surface area (Å²) in [5.41, 5.74) is 3.42. The second-order valence-electron chi connectivity index (χ2n) is 4.29. The number of fused-ring (bicyclic) bond motifs is 2. The fourth-order valence-corrected chi connectivity index (χ4v) is 3.39. The molecule has 1 aliphatic heterocycles. The molecule has 89 valence electrons. The van der Waals surface area contributed by atoms with E-state index in [1.807, 2.05) is 19.9 Å². The molecule has 1 radical (unpaired) electrons. The van der Waals surface area contributed by atoms with Gasteiger partial charge in [-0.2, -0.15) is 0 Å². The van der Waals surface area contributed by atoms with E-state index in [0.717, 1.165) is 10.6 Å². The molecule has 0 fully saturated rings. The van der Waals surface area contributed by atoms with Crippen molar-refractivity contribution >= 4 is 35.9 Å². The van der Waals surface area contributed by atoms with E-state index in [0.29, 0.717) is 0 Å². The number of rotatable bonds is 1. The SMILES string of the molecule is C[B]c1ccc2c(c1)Sc1cc(F)ccc1N2C. The van der Waals surface area contributed by atoms with Gasteiger partial charge in [-0.1, -0.05) is 36.2 Å². The molecule has 1 heterocycles. The van der Waals surface area contributed by atoms with Crippen LogP contribution in [0.5, 0.6) is 0 Å². The molecule has 2 aromatic carbocycles. The van der Waals surface area contributed by atoms with Gasteiger partial charge in [0.05, 0.1) is 11.4 Å². The molecule has 0 unspecified atom stereocenters. The van der Waals surface area contributed by atoms with Crippen molar-refractivity contribution in [2.75, 3.05) is 11.9 Å². The van der Waals surface area contributed by atoms with E-state index in [9.17, 15) is 4.39 Å². The van der Waals surface area contributed by atoms with Crippen molar-refractivity contribution in [1.82, 2.24) is 0 Å². The van der Waals surface area contributed by atoms with Crippen LogP contribution in [0.3, 0.4) is 0 Å². The van der Waals surface area contributed by atoms with Gasteiger partial charge in [0, 0.05) is 16.8 Å². The second kappa shape index (κ2) is 4.36. The van der Waals surface area contributed by atoms with Gasteiger partial charge in [-0.3, -0.25) is 0 Å². The molecule has 1 aliphatic rings. The van der Waals surface area contributed by atoms with Crippen LogP contribution in [-0.4, -0.2) is 14.3 Å². The van der Waals surface area contributed by atoms with Crippen LogP contribution < -0.4 is 10.4 Å². The van der Waals surface area contributed by atoms with Gasteiger partial charge in [-0.25, -0.2) is 4.39 Å². The maximum absolute atomic E-state index is 13.3. The Morgan fingerprint density at radius 2 is 1.72 bits per heavy atom. The van der Waals surface area contributed by atoms with Crippen LogP contribution >= 0.6 is 11.8 Å². The molecule has 0 amide bonds. The predicted molar refractivity (Wildman–Crippen MR) is 76.3 cm³/mol. The first-order valence-corrected chi connectivity index (χ1v) is 6.65. The Morgan fingerprint density at radius 1 is 1.06 bits per heavy atom. The van der Waals surface area contributed by atoms with Crippen molar-refractivity contribution < 1.29 is 4.39 Å². The molecule has 2 aromatic rings. The van der Waals surface area contributed by atoms with Gasteiger partial charge in [0.15, 0.2) is 0 Å². The Bertz CT molecular complexity index is 615. The molecule has 0 spiro atoms. The topological polar surface area (TPSA) is 3.24 Å². The van der Waals surface area contributed by atoms with Crippen molar-refractivity contribution in [2.24, 2.45) is 0 Å². The zero-order chi connectivity index (χ0) is 12.7. The third-order valence-electron chi connectivity index (χ3n) is 3.18. The average Bonchev–Trinajstić information content (AvgIpc) is 2.38. The van der Waals surface area contributed by atoms with Crippen LogP contribution in [0, 0.1) is 5.82 Å². The molecule has 0 aliphatic carbocycles. The molecule has 0 bridgehead atoms. The lowest BCUT2D eigenvalue weighted by Gasteiger charge is -2.29. The van der Waals surface area contributed by atoms with Crippen molar-refractivity contribution in [3.8, 4) is 0 Å². The summed E-state index contributed by atoms with van der Waals surface area (Å²) in [4.78, 5) is 4.25. The molecule has 18 heavy (non-hydrogen) atoms. The summed E-state index contributed by atoms with van der Waals surface area (Å²) >= 11 is 1.63. The van der Waals surface area contributed by atoms with E-state index < -0.39 is 0 Å². The molecule has 0 atom stereocenters. The maximum atomic E-state index is 13.3. The zero-order valence-corrected chi connectivity index (χ0v) is 11.1. The number of hydrogen-bond acceptors (Lipinski definition) is 2. The Balaban J connectivity index is 2.12. The quantitative estimate of drug-likeness (QED) is 0.719. The fraction of sp³-hybridized carbons (Fsp3) is 0.143. The Labute approximate surface area is 111 Å². The molecule has 0 saturated carbocycles. The fourth-order valence-electron chi connectivity index (χ4n) is 2.16. The van der Waals surface area contributed by atoms with Crippen LogP contribution in [0.2, 0.25) is 6.82 Å². The van der Waals surface area contributed by atoms with E-state index in [4.69, 9.17) is 0 Å². The third-order valence-corrected chi connectivity index (χ3v) is 4.28. The van der Waals surface area contributed by atoms with Gasteiger partial charge in [-0.05, 0) is 24.3 Å². The van der Waals surface area contributed by atoms with Gasteiger partial charge in [0.25, 0.3) is 0 Å². The first-order valence-electron chi connectivity index (χ1n) is 5.83. The molecule has 1 nitrogen and oxygen atoms in total. The summed E-state index contributed by atoms with van der Waals surface area (Å²) in [5, 5.41) is 0. The van der Waals surface area contributed by atoms with Gasteiger partial charge >= 0.3 is 0 Å². The number of hydrogen-bond donors (Lipinski definition) is 0. The van der Waals surface area contributed by atoms with Crippen molar-refractivity contribution in [2.45, 2.75) is 16.6 Å². The summed E-state index contributed by atoms with van der Waals surface area (Å²) in [6.45, 7) is 2.02.